The van der Waals surface area contributed by atoms with E-state index in [1.807, 2.05) is 0 Å². The molecule has 28 heavy (non-hydrogen) atoms. The molecule has 1 heterocycles. The van der Waals surface area contributed by atoms with E-state index in [9.17, 15) is 9.59 Å². The van der Waals surface area contributed by atoms with Crippen molar-refractivity contribution in [2.45, 2.75) is 6.92 Å². The summed E-state index contributed by atoms with van der Waals surface area (Å²) < 4.78 is 6.07. The monoisotopic (exact) mass is 482 g/mol. The van der Waals surface area contributed by atoms with E-state index in [1.165, 1.54) is 5.01 Å². The SMILES string of the molecule is CC1=NN(c2ccc(Cl)c(Cl)c2)C(=O)/C1=C\c1cc(Br)ccc1OCC(=O)O. The Morgan fingerprint density at radius 1 is 1.25 bits per heavy atom. The van der Waals surface area contributed by atoms with Crippen LogP contribution in [0.3, 0.4) is 0 Å². The average Bonchev–Trinajstić information content (AvgIpc) is 2.91. The highest BCUT2D eigenvalue weighted by Crippen LogP contribution is 2.32. The van der Waals surface area contributed by atoms with Crippen molar-refractivity contribution < 1.29 is 19.4 Å². The first kappa shape index (κ1) is 20.4. The van der Waals surface area contributed by atoms with Crippen LogP contribution < -0.4 is 9.75 Å². The number of ether oxygens (including phenoxy) is 1. The van der Waals surface area contributed by atoms with Gasteiger partial charge >= 0.3 is 5.97 Å². The number of aliphatic carboxylic acids is 1. The summed E-state index contributed by atoms with van der Waals surface area (Å²) in [5.41, 5.74) is 1.88. The first-order valence-corrected chi connectivity index (χ1v) is 9.52. The molecule has 0 aliphatic carbocycles. The summed E-state index contributed by atoms with van der Waals surface area (Å²) in [6, 6.07) is 9.87. The summed E-state index contributed by atoms with van der Waals surface area (Å²) in [4.78, 5) is 23.7. The molecule has 3 rings (SSSR count). The van der Waals surface area contributed by atoms with Gasteiger partial charge in [0.25, 0.3) is 5.91 Å². The zero-order chi connectivity index (χ0) is 20.4. The molecule has 0 spiro atoms. The fourth-order valence-electron chi connectivity index (χ4n) is 2.53. The third-order valence-electron chi connectivity index (χ3n) is 3.83. The van der Waals surface area contributed by atoms with Crippen molar-refractivity contribution in [2.24, 2.45) is 5.10 Å². The zero-order valence-electron chi connectivity index (χ0n) is 14.4. The summed E-state index contributed by atoms with van der Waals surface area (Å²) in [6.45, 7) is 1.21. The Morgan fingerprint density at radius 2 is 2.00 bits per heavy atom. The van der Waals surface area contributed by atoms with Gasteiger partial charge in [-0.3, -0.25) is 4.79 Å². The number of halogens is 3. The Balaban J connectivity index is 1.96. The Morgan fingerprint density at radius 3 is 2.68 bits per heavy atom. The smallest absolute Gasteiger partial charge is 0.341 e. The molecule has 0 aromatic heterocycles. The molecule has 1 aliphatic heterocycles. The van der Waals surface area contributed by atoms with E-state index >= 15 is 0 Å². The van der Waals surface area contributed by atoms with Crippen molar-refractivity contribution in [3.63, 3.8) is 0 Å². The molecule has 0 atom stereocenters. The Kier molecular flexibility index (Phi) is 6.07. The van der Waals surface area contributed by atoms with Crippen molar-refractivity contribution >= 4 is 68.5 Å². The fourth-order valence-corrected chi connectivity index (χ4v) is 3.21. The lowest BCUT2D eigenvalue weighted by Gasteiger charge is -2.13. The van der Waals surface area contributed by atoms with Gasteiger partial charge in [-0.1, -0.05) is 39.1 Å². The maximum atomic E-state index is 12.9. The summed E-state index contributed by atoms with van der Waals surface area (Å²) in [5, 5.41) is 15.1. The molecular weight excluding hydrogens is 471 g/mol. The fraction of sp³-hybridized carbons (Fsp3) is 0.105. The minimum atomic E-state index is -1.10. The number of carboxylic acid groups (broad SMARTS) is 1. The zero-order valence-corrected chi connectivity index (χ0v) is 17.5. The lowest BCUT2D eigenvalue weighted by molar-refractivity contribution is -0.139. The molecule has 1 N–H and O–H groups in total. The van der Waals surface area contributed by atoms with Gasteiger partial charge in [-0.25, -0.2) is 4.79 Å². The third kappa shape index (κ3) is 4.38. The minimum Gasteiger partial charge on any atom is -0.481 e. The van der Waals surface area contributed by atoms with E-state index in [4.69, 9.17) is 33.0 Å². The second-order valence-electron chi connectivity index (χ2n) is 5.82. The molecule has 0 radical (unpaired) electrons. The van der Waals surface area contributed by atoms with Crippen molar-refractivity contribution in [3.8, 4) is 5.75 Å². The van der Waals surface area contributed by atoms with E-state index in [1.54, 1.807) is 49.4 Å². The first-order valence-electron chi connectivity index (χ1n) is 7.97. The minimum absolute atomic E-state index is 0.314. The lowest BCUT2D eigenvalue weighted by atomic mass is 10.1. The van der Waals surface area contributed by atoms with Crippen LogP contribution >= 0.6 is 39.1 Å². The number of hydrogen-bond donors (Lipinski definition) is 1. The second kappa shape index (κ2) is 8.34. The molecule has 0 fully saturated rings. The van der Waals surface area contributed by atoms with Crippen LogP contribution in [0.4, 0.5) is 5.69 Å². The van der Waals surface area contributed by atoms with Crippen molar-refractivity contribution in [1.29, 1.82) is 0 Å². The van der Waals surface area contributed by atoms with E-state index in [-0.39, 0.29) is 5.91 Å². The van der Waals surface area contributed by atoms with E-state index in [0.717, 1.165) is 4.47 Å². The molecular formula is C19H13BrCl2N2O4. The van der Waals surface area contributed by atoms with Crippen LogP contribution in [0.15, 0.2) is 51.5 Å². The van der Waals surface area contributed by atoms with Gasteiger partial charge in [-0.05, 0) is 49.4 Å². The van der Waals surface area contributed by atoms with Gasteiger partial charge in [0.05, 0.1) is 27.0 Å². The highest BCUT2D eigenvalue weighted by atomic mass is 79.9. The molecule has 1 amide bonds. The Hall–Kier alpha value is -2.35. The largest absolute Gasteiger partial charge is 0.481 e. The maximum absolute atomic E-state index is 12.9. The molecule has 0 saturated carbocycles. The average molecular weight is 484 g/mol. The number of hydrogen-bond acceptors (Lipinski definition) is 4. The van der Waals surface area contributed by atoms with Crippen LogP contribution in [0.2, 0.25) is 10.0 Å². The normalized spacial score (nSPS) is 15.1. The molecule has 0 bridgehead atoms. The number of hydrazone groups is 1. The highest BCUT2D eigenvalue weighted by Gasteiger charge is 2.29. The Bertz CT molecular complexity index is 1040. The molecule has 144 valence electrons. The number of carboxylic acids is 1. The number of carbonyl (C=O) groups excluding carboxylic acids is 1. The van der Waals surface area contributed by atoms with Gasteiger partial charge in [0.15, 0.2) is 6.61 Å². The van der Waals surface area contributed by atoms with Crippen molar-refractivity contribution in [1.82, 2.24) is 0 Å². The number of carbonyl (C=O) groups is 2. The van der Waals surface area contributed by atoms with Crippen LogP contribution in [-0.4, -0.2) is 29.3 Å². The van der Waals surface area contributed by atoms with Gasteiger partial charge in [0.2, 0.25) is 0 Å². The van der Waals surface area contributed by atoms with Gasteiger partial charge in [-0.2, -0.15) is 10.1 Å². The molecule has 2 aromatic carbocycles. The first-order chi connectivity index (χ1) is 13.3. The predicted octanol–water partition coefficient (Wildman–Crippen LogP) is 5.03. The summed E-state index contributed by atoms with van der Waals surface area (Å²) in [7, 11) is 0. The lowest BCUT2D eigenvalue weighted by Crippen LogP contribution is -2.21. The molecule has 9 heteroatoms. The van der Waals surface area contributed by atoms with Crippen molar-refractivity contribution in [3.05, 3.63) is 62.1 Å². The maximum Gasteiger partial charge on any atom is 0.341 e. The molecule has 0 unspecified atom stereocenters. The number of anilines is 1. The standard InChI is InChI=1S/C19H13BrCl2N2O4/c1-10-14(7-11-6-12(20)2-5-17(11)28-9-18(25)26)19(27)24(23-10)13-3-4-15(21)16(22)8-13/h2-8H,9H2,1H3,(H,25,26)/b14-7-. The number of benzene rings is 2. The van der Waals surface area contributed by atoms with E-state index < -0.39 is 12.6 Å². The quantitative estimate of drug-likeness (QED) is 0.605. The van der Waals surface area contributed by atoms with Crippen LogP contribution in [0.1, 0.15) is 12.5 Å². The summed E-state index contributed by atoms with van der Waals surface area (Å²) in [6.07, 6.45) is 1.61. The van der Waals surface area contributed by atoms with Crippen LogP contribution in [0.25, 0.3) is 6.08 Å². The van der Waals surface area contributed by atoms with Gasteiger partial charge < -0.3 is 9.84 Å². The van der Waals surface area contributed by atoms with E-state index in [2.05, 4.69) is 21.0 Å². The number of nitrogens with zero attached hydrogens (tertiary/aromatic N) is 2. The summed E-state index contributed by atoms with van der Waals surface area (Å²) in [5.74, 6) is -1.10. The van der Waals surface area contributed by atoms with Crippen molar-refractivity contribution in [2.75, 3.05) is 11.6 Å². The van der Waals surface area contributed by atoms with Crippen LogP contribution in [0, 0.1) is 0 Å². The molecule has 6 nitrogen and oxygen atoms in total. The van der Waals surface area contributed by atoms with Crippen LogP contribution in [0.5, 0.6) is 5.75 Å². The number of amides is 1. The highest BCUT2D eigenvalue weighted by molar-refractivity contribution is 9.10. The predicted molar refractivity (Wildman–Crippen MR) is 112 cm³/mol. The topological polar surface area (TPSA) is 79.2 Å². The molecule has 0 saturated heterocycles. The van der Waals surface area contributed by atoms with Gasteiger partial charge in [0, 0.05) is 10.0 Å². The van der Waals surface area contributed by atoms with E-state index in [0.29, 0.717) is 38.3 Å². The molecule has 1 aliphatic rings. The molecule has 2 aromatic rings. The summed E-state index contributed by atoms with van der Waals surface area (Å²) >= 11 is 15.3. The Labute approximate surface area is 179 Å². The van der Waals surface area contributed by atoms with Gasteiger partial charge in [-0.15, -0.1) is 0 Å². The second-order valence-corrected chi connectivity index (χ2v) is 7.55. The van der Waals surface area contributed by atoms with Gasteiger partial charge in [0.1, 0.15) is 5.75 Å². The van der Waals surface area contributed by atoms with Crippen LogP contribution in [-0.2, 0) is 9.59 Å². The third-order valence-corrected chi connectivity index (χ3v) is 5.07. The number of rotatable bonds is 5.